The van der Waals surface area contributed by atoms with Crippen LogP contribution in [-0.4, -0.2) is 29.0 Å². The summed E-state index contributed by atoms with van der Waals surface area (Å²) in [4.78, 5) is 21.5. The SMILES string of the molecule is COc1ccc2ccnc(Nc3ccc(C(=O)NC4CCc5ccccc5C4)nc3)c2c1. The molecule has 6 heteroatoms. The molecule has 1 aliphatic rings. The lowest BCUT2D eigenvalue weighted by Gasteiger charge is -2.25. The highest BCUT2D eigenvalue weighted by Gasteiger charge is 2.20. The molecule has 1 unspecified atom stereocenters. The summed E-state index contributed by atoms with van der Waals surface area (Å²) in [5.41, 5.74) is 3.86. The number of ether oxygens (including phenoxy) is 1. The van der Waals surface area contributed by atoms with Gasteiger partial charge in [0.2, 0.25) is 0 Å². The Morgan fingerprint density at radius 1 is 1.03 bits per heavy atom. The maximum absolute atomic E-state index is 12.7. The number of carbonyl (C=O) groups excluding carboxylic acids is 1. The first kappa shape index (κ1) is 20.0. The van der Waals surface area contributed by atoms with Crippen LogP contribution in [0.2, 0.25) is 0 Å². The zero-order valence-electron chi connectivity index (χ0n) is 17.8. The van der Waals surface area contributed by atoms with Crippen molar-refractivity contribution in [1.29, 1.82) is 0 Å². The normalized spacial score (nSPS) is 15.1. The molecule has 2 aromatic heterocycles. The summed E-state index contributed by atoms with van der Waals surface area (Å²) >= 11 is 0. The van der Waals surface area contributed by atoms with Crippen molar-refractivity contribution in [2.75, 3.05) is 12.4 Å². The van der Waals surface area contributed by atoms with Crippen LogP contribution >= 0.6 is 0 Å². The summed E-state index contributed by atoms with van der Waals surface area (Å²) in [7, 11) is 1.64. The van der Waals surface area contributed by atoms with E-state index in [1.54, 1.807) is 25.6 Å². The van der Waals surface area contributed by atoms with Crippen LogP contribution in [0, 0.1) is 0 Å². The van der Waals surface area contributed by atoms with Gasteiger partial charge in [-0.05, 0) is 66.1 Å². The van der Waals surface area contributed by atoms with Crippen molar-refractivity contribution >= 4 is 28.2 Å². The van der Waals surface area contributed by atoms with Crippen LogP contribution in [-0.2, 0) is 12.8 Å². The van der Waals surface area contributed by atoms with Crippen LogP contribution in [0.1, 0.15) is 28.0 Å². The molecule has 1 aliphatic carbocycles. The number of aromatic nitrogens is 2. The second-order valence-corrected chi connectivity index (χ2v) is 7.99. The van der Waals surface area contributed by atoms with Gasteiger partial charge in [0, 0.05) is 17.6 Å². The second-order valence-electron chi connectivity index (χ2n) is 7.99. The summed E-state index contributed by atoms with van der Waals surface area (Å²) in [6.07, 6.45) is 6.21. The molecule has 0 saturated carbocycles. The van der Waals surface area contributed by atoms with Gasteiger partial charge in [0.05, 0.1) is 19.0 Å². The van der Waals surface area contributed by atoms with Crippen LogP contribution in [0.15, 0.2) is 73.1 Å². The second kappa shape index (κ2) is 8.67. The van der Waals surface area contributed by atoms with Gasteiger partial charge in [0.25, 0.3) is 5.91 Å². The van der Waals surface area contributed by atoms with Gasteiger partial charge in [-0.3, -0.25) is 4.79 Å². The van der Waals surface area contributed by atoms with E-state index >= 15 is 0 Å². The van der Waals surface area contributed by atoms with Crippen LogP contribution in [0.5, 0.6) is 5.75 Å². The first-order valence-corrected chi connectivity index (χ1v) is 10.7. The first-order chi connectivity index (χ1) is 15.7. The van der Waals surface area contributed by atoms with Crippen molar-refractivity contribution in [2.45, 2.75) is 25.3 Å². The fourth-order valence-corrected chi connectivity index (χ4v) is 4.19. The van der Waals surface area contributed by atoms with Gasteiger partial charge < -0.3 is 15.4 Å². The summed E-state index contributed by atoms with van der Waals surface area (Å²) < 4.78 is 5.34. The molecule has 2 N–H and O–H groups in total. The van der Waals surface area contributed by atoms with Crippen molar-refractivity contribution in [1.82, 2.24) is 15.3 Å². The number of aryl methyl sites for hydroxylation is 1. The first-order valence-electron chi connectivity index (χ1n) is 10.7. The Morgan fingerprint density at radius 3 is 2.72 bits per heavy atom. The third-order valence-corrected chi connectivity index (χ3v) is 5.91. The number of fused-ring (bicyclic) bond motifs is 2. The predicted molar refractivity (Wildman–Crippen MR) is 126 cm³/mol. The van der Waals surface area contributed by atoms with Crippen LogP contribution < -0.4 is 15.4 Å². The Bertz CT molecular complexity index is 1270. The molecule has 2 aromatic carbocycles. The number of amides is 1. The highest BCUT2D eigenvalue weighted by atomic mass is 16.5. The van der Waals surface area contributed by atoms with Gasteiger partial charge in [0.15, 0.2) is 0 Å². The van der Waals surface area contributed by atoms with Crippen molar-refractivity contribution in [2.24, 2.45) is 0 Å². The van der Waals surface area contributed by atoms with Crippen molar-refractivity contribution < 1.29 is 9.53 Å². The Balaban J connectivity index is 1.28. The number of nitrogens with one attached hydrogen (secondary N) is 2. The highest BCUT2D eigenvalue weighted by molar-refractivity contribution is 5.95. The lowest BCUT2D eigenvalue weighted by atomic mass is 9.88. The minimum absolute atomic E-state index is 0.131. The molecule has 4 aromatic rings. The number of pyridine rings is 2. The molecule has 6 nitrogen and oxygen atoms in total. The summed E-state index contributed by atoms with van der Waals surface area (Å²) in [6, 6.07) is 20.0. The molecule has 0 saturated heterocycles. The molecule has 5 rings (SSSR count). The van der Waals surface area contributed by atoms with E-state index in [1.165, 1.54) is 11.1 Å². The molecule has 2 heterocycles. The maximum Gasteiger partial charge on any atom is 0.270 e. The standard InChI is InChI=1S/C26H24N4O2/c1-32-22-10-7-18-12-13-27-25(23(18)15-22)29-21-9-11-24(28-16-21)26(31)30-20-8-6-17-4-2-3-5-19(17)14-20/h2-5,7,9-13,15-16,20H,6,8,14H2,1H3,(H,27,29)(H,30,31). The molecule has 0 radical (unpaired) electrons. The molecular weight excluding hydrogens is 400 g/mol. The van der Waals surface area contributed by atoms with Gasteiger partial charge in [0.1, 0.15) is 17.3 Å². The average molecular weight is 425 g/mol. The van der Waals surface area contributed by atoms with Crippen molar-refractivity contribution in [3.63, 3.8) is 0 Å². The average Bonchev–Trinajstić information content (AvgIpc) is 2.84. The molecule has 0 aliphatic heterocycles. The van der Waals surface area contributed by atoms with Crippen LogP contribution in [0.25, 0.3) is 10.8 Å². The van der Waals surface area contributed by atoms with Crippen LogP contribution in [0.4, 0.5) is 11.5 Å². The minimum Gasteiger partial charge on any atom is -0.497 e. The smallest absolute Gasteiger partial charge is 0.270 e. The highest BCUT2D eigenvalue weighted by Crippen LogP contribution is 2.28. The van der Waals surface area contributed by atoms with E-state index in [0.29, 0.717) is 11.5 Å². The quantitative estimate of drug-likeness (QED) is 0.487. The number of methoxy groups -OCH3 is 1. The third kappa shape index (κ3) is 4.12. The molecule has 0 fully saturated rings. The number of hydrogen-bond donors (Lipinski definition) is 2. The molecule has 1 amide bonds. The van der Waals surface area contributed by atoms with E-state index in [0.717, 1.165) is 41.5 Å². The number of carbonyl (C=O) groups is 1. The molecule has 1 atom stereocenters. The van der Waals surface area contributed by atoms with E-state index < -0.39 is 0 Å². The van der Waals surface area contributed by atoms with Crippen molar-refractivity contribution in [3.05, 3.63) is 89.9 Å². The van der Waals surface area contributed by atoms with E-state index in [-0.39, 0.29) is 11.9 Å². The van der Waals surface area contributed by atoms with Crippen molar-refractivity contribution in [3.8, 4) is 5.75 Å². The van der Waals surface area contributed by atoms with Gasteiger partial charge in [-0.15, -0.1) is 0 Å². The Hall–Kier alpha value is -3.93. The number of benzene rings is 2. The van der Waals surface area contributed by atoms with Crippen LogP contribution in [0.3, 0.4) is 0 Å². The lowest BCUT2D eigenvalue weighted by molar-refractivity contribution is 0.0928. The van der Waals surface area contributed by atoms with Gasteiger partial charge in [-0.2, -0.15) is 0 Å². The largest absolute Gasteiger partial charge is 0.497 e. The molecule has 0 spiro atoms. The van der Waals surface area contributed by atoms with E-state index in [4.69, 9.17) is 4.74 Å². The fourth-order valence-electron chi connectivity index (χ4n) is 4.19. The Labute approximate surface area is 186 Å². The number of rotatable bonds is 5. The third-order valence-electron chi connectivity index (χ3n) is 5.91. The molecule has 0 bridgehead atoms. The molecule has 32 heavy (non-hydrogen) atoms. The Kier molecular flexibility index (Phi) is 5.42. The Morgan fingerprint density at radius 2 is 1.91 bits per heavy atom. The topological polar surface area (TPSA) is 76.1 Å². The summed E-state index contributed by atoms with van der Waals surface area (Å²) in [5, 5.41) is 8.44. The fraction of sp³-hybridized carbons (Fsp3) is 0.192. The zero-order chi connectivity index (χ0) is 21.9. The molecule has 160 valence electrons. The number of anilines is 2. The van der Waals surface area contributed by atoms with Gasteiger partial charge in [-0.25, -0.2) is 9.97 Å². The summed E-state index contributed by atoms with van der Waals surface area (Å²) in [5.74, 6) is 1.33. The molecular formula is C26H24N4O2. The zero-order valence-corrected chi connectivity index (χ0v) is 17.8. The van der Waals surface area contributed by atoms with Gasteiger partial charge in [-0.1, -0.05) is 30.3 Å². The number of hydrogen-bond acceptors (Lipinski definition) is 5. The minimum atomic E-state index is -0.144. The lowest BCUT2D eigenvalue weighted by Crippen LogP contribution is -2.39. The maximum atomic E-state index is 12.7. The monoisotopic (exact) mass is 424 g/mol. The summed E-state index contributed by atoms with van der Waals surface area (Å²) in [6.45, 7) is 0. The van der Waals surface area contributed by atoms with E-state index in [9.17, 15) is 4.79 Å². The van der Waals surface area contributed by atoms with E-state index in [2.05, 4.69) is 44.9 Å². The predicted octanol–water partition coefficient (Wildman–Crippen LogP) is 4.67. The van der Waals surface area contributed by atoms with Gasteiger partial charge >= 0.3 is 0 Å². The number of nitrogens with zero attached hydrogens (tertiary/aromatic N) is 2. The van der Waals surface area contributed by atoms with E-state index in [1.807, 2.05) is 30.3 Å².